The van der Waals surface area contributed by atoms with E-state index in [0.717, 1.165) is 28.8 Å². The van der Waals surface area contributed by atoms with Crippen LogP contribution in [0.25, 0.3) is 0 Å². The molecule has 0 saturated heterocycles. The Labute approximate surface area is 231 Å². The first-order chi connectivity index (χ1) is 18.8. The second kappa shape index (κ2) is 11.1. The molecular weight excluding hydrogens is 544 g/mol. The minimum atomic E-state index is -0.648. The standard InChI is InChI=1S/C29H18ClF2N3O3S/c30-18-6-4-17(5-7-18)27(36)34-22-2-1-3-24(16-22)39-26-25(33-21-12-8-19(31)9-13-21)28(37)35(29(26)38)23-14-10-20(32)11-15-23/h1-16,33H,(H,34,36). The first kappa shape index (κ1) is 26.1. The predicted molar refractivity (Wildman–Crippen MR) is 148 cm³/mol. The number of thioether (sulfide) groups is 1. The molecule has 0 aliphatic carbocycles. The van der Waals surface area contributed by atoms with Crippen LogP contribution >= 0.6 is 23.4 Å². The van der Waals surface area contributed by atoms with Crippen LogP contribution in [0.3, 0.4) is 0 Å². The van der Waals surface area contributed by atoms with Gasteiger partial charge in [-0.25, -0.2) is 13.7 Å². The number of hydrogen-bond acceptors (Lipinski definition) is 5. The van der Waals surface area contributed by atoms with Gasteiger partial charge in [-0.2, -0.15) is 0 Å². The molecule has 1 aliphatic rings. The molecule has 4 aromatic rings. The quantitative estimate of drug-likeness (QED) is 0.241. The number of carbonyl (C=O) groups excluding carboxylic acids is 3. The highest BCUT2D eigenvalue weighted by Gasteiger charge is 2.40. The van der Waals surface area contributed by atoms with Gasteiger partial charge in [0.1, 0.15) is 22.2 Å². The van der Waals surface area contributed by atoms with E-state index in [-0.39, 0.29) is 22.2 Å². The zero-order chi connectivity index (χ0) is 27.5. The van der Waals surface area contributed by atoms with E-state index in [1.165, 1.54) is 36.4 Å². The average Bonchev–Trinajstić information content (AvgIpc) is 3.15. The lowest BCUT2D eigenvalue weighted by Crippen LogP contribution is -2.32. The molecule has 0 saturated carbocycles. The molecule has 1 heterocycles. The van der Waals surface area contributed by atoms with Crippen molar-refractivity contribution in [3.8, 4) is 0 Å². The molecule has 4 aromatic carbocycles. The maximum Gasteiger partial charge on any atom is 0.283 e. The first-order valence-electron chi connectivity index (χ1n) is 11.5. The summed E-state index contributed by atoms with van der Waals surface area (Å²) in [4.78, 5) is 41.1. The predicted octanol–water partition coefficient (Wildman–Crippen LogP) is 6.86. The summed E-state index contributed by atoms with van der Waals surface area (Å²) in [6.07, 6.45) is 0. The number of benzene rings is 4. The number of nitrogens with one attached hydrogen (secondary N) is 2. The van der Waals surface area contributed by atoms with Gasteiger partial charge < -0.3 is 10.6 Å². The third-order valence-electron chi connectivity index (χ3n) is 5.66. The summed E-state index contributed by atoms with van der Waals surface area (Å²) in [6.45, 7) is 0. The largest absolute Gasteiger partial charge is 0.350 e. The zero-order valence-electron chi connectivity index (χ0n) is 20.0. The van der Waals surface area contributed by atoms with Crippen LogP contribution in [0, 0.1) is 11.6 Å². The second-order valence-electron chi connectivity index (χ2n) is 8.35. The molecule has 6 nitrogen and oxygen atoms in total. The molecule has 194 valence electrons. The van der Waals surface area contributed by atoms with Crippen LogP contribution in [0.2, 0.25) is 5.02 Å². The maximum absolute atomic E-state index is 13.5. The summed E-state index contributed by atoms with van der Waals surface area (Å²) in [5.74, 6) is -2.57. The van der Waals surface area contributed by atoms with Gasteiger partial charge in [0.15, 0.2) is 0 Å². The SMILES string of the molecule is O=C(Nc1cccc(SC2=C(Nc3ccc(F)cc3)C(=O)N(c3ccc(F)cc3)C2=O)c1)c1ccc(Cl)cc1. The van der Waals surface area contributed by atoms with Gasteiger partial charge in [-0.1, -0.05) is 29.4 Å². The van der Waals surface area contributed by atoms with E-state index in [0.29, 0.717) is 26.9 Å². The van der Waals surface area contributed by atoms with Crippen molar-refractivity contribution in [3.05, 3.63) is 130 Å². The molecule has 0 spiro atoms. The molecule has 5 rings (SSSR count). The molecule has 10 heteroatoms. The van der Waals surface area contributed by atoms with Crippen molar-refractivity contribution in [1.82, 2.24) is 0 Å². The molecule has 0 fully saturated rings. The van der Waals surface area contributed by atoms with Crippen molar-refractivity contribution in [1.29, 1.82) is 0 Å². The summed E-state index contributed by atoms with van der Waals surface area (Å²) < 4.78 is 26.9. The molecule has 0 radical (unpaired) electrons. The highest BCUT2D eigenvalue weighted by Crippen LogP contribution is 2.38. The Morgan fingerprint density at radius 2 is 1.41 bits per heavy atom. The Balaban J connectivity index is 1.44. The fourth-order valence-corrected chi connectivity index (χ4v) is 4.89. The summed E-state index contributed by atoms with van der Waals surface area (Å²) in [5.41, 5.74) is 1.47. The zero-order valence-corrected chi connectivity index (χ0v) is 21.5. The van der Waals surface area contributed by atoms with E-state index in [1.807, 2.05) is 0 Å². The molecule has 3 amide bonds. The number of amides is 3. The summed E-state index contributed by atoms with van der Waals surface area (Å²) in [5, 5.41) is 6.24. The van der Waals surface area contributed by atoms with Gasteiger partial charge in [0.2, 0.25) is 0 Å². The monoisotopic (exact) mass is 561 g/mol. The van der Waals surface area contributed by atoms with Crippen LogP contribution in [0.15, 0.2) is 113 Å². The summed E-state index contributed by atoms with van der Waals surface area (Å²) in [6, 6.07) is 23.5. The second-order valence-corrected chi connectivity index (χ2v) is 9.87. The lowest BCUT2D eigenvalue weighted by Gasteiger charge is -2.15. The van der Waals surface area contributed by atoms with Gasteiger partial charge in [0.05, 0.1) is 5.69 Å². The smallest absolute Gasteiger partial charge is 0.283 e. The Morgan fingerprint density at radius 1 is 0.769 bits per heavy atom. The fraction of sp³-hybridized carbons (Fsp3) is 0. The molecule has 2 N–H and O–H groups in total. The van der Waals surface area contributed by atoms with Gasteiger partial charge in [0, 0.05) is 26.9 Å². The van der Waals surface area contributed by atoms with Crippen LogP contribution < -0.4 is 15.5 Å². The van der Waals surface area contributed by atoms with E-state index >= 15 is 0 Å². The molecule has 0 atom stereocenters. The van der Waals surface area contributed by atoms with Crippen molar-refractivity contribution >= 4 is 58.1 Å². The van der Waals surface area contributed by atoms with E-state index in [1.54, 1.807) is 48.5 Å². The van der Waals surface area contributed by atoms with Gasteiger partial charge in [-0.15, -0.1) is 0 Å². The van der Waals surface area contributed by atoms with Crippen molar-refractivity contribution in [2.24, 2.45) is 0 Å². The van der Waals surface area contributed by atoms with Crippen LogP contribution in [0.5, 0.6) is 0 Å². The number of anilines is 3. The van der Waals surface area contributed by atoms with Gasteiger partial charge in [0.25, 0.3) is 17.7 Å². The van der Waals surface area contributed by atoms with E-state index in [9.17, 15) is 23.2 Å². The highest BCUT2D eigenvalue weighted by atomic mass is 35.5. The lowest BCUT2D eigenvalue weighted by atomic mass is 10.2. The minimum absolute atomic E-state index is 0.0171. The lowest BCUT2D eigenvalue weighted by molar-refractivity contribution is -0.120. The number of halogens is 3. The number of carbonyl (C=O) groups is 3. The van der Waals surface area contributed by atoms with Crippen LogP contribution in [-0.2, 0) is 9.59 Å². The molecule has 0 aromatic heterocycles. The molecule has 0 unspecified atom stereocenters. The van der Waals surface area contributed by atoms with Crippen LogP contribution in [0.1, 0.15) is 10.4 Å². The van der Waals surface area contributed by atoms with Gasteiger partial charge in [-0.3, -0.25) is 14.4 Å². The van der Waals surface area contributed by atoms with Gasteiger partial charge >= 0.3 is 0 Å². The molecule has 1 aliphatic heterocycles. The van der Waals surface area contributed by atoms with Crippen molar-refractivity contribution in [2.45, 2.75) is 4.90 Å². The molecule has 0 bridgehead atoms. The number of nitrogens with zero attached hydrogens (tertiary/aromatic N) is 1. The first-order valence-corrected chi connectivity index (χ1v) is 12.7. The Hall–Kier alpha value is -4.47. The van der Waals surface area contributed by atoms with Gasteiger partial charge in [-0.05, 0) is 91.0 Å². The van der Waals surface area contributed by atoms with Crippen molar-refractivity contribution < 1.29 is 23.2 Å². The fourth-order valence-electron chi connectivity index (χ4n) is 3.78. The van der Waals surface area contributed by atoms with Crippen LogP contribution in [-0.4, -0.2) is 17.7 Å². The van der Waals surface area contributed by atoms with E-state index in [2.05, 4.69) is 10.6 Å². The third-order valence-corrected chi connectivity index (χ3v) is 6.98. The Morgan fingerprint density at radius 3 is 2.08 bits per heavy atom. The maximum atomic E-state index is 13.5. The number of hydrogen-bond donors (Lipinski definition) is 2. The van der Waals surface area contributed by atoms with E-state index < -0.39 is 23.4 Å². The Kier molecular flexibility index (Phi) is 7.44. The number of rotatable bonds is 7. The minimum Gasteiger partial charge on any atom is -0.350 e. The summed E-state index contributed by atoms with van der Waals surface area (Å²) >= 11 is 6.92. The molecule has 39 heavy (non-hydrogen) atoms. The highest BCUT2D eigenvalue weighted by molar-refractivity contribution is 8.04. The Bertz CT molecular complexity index is 1610. The topological polar surface area (TPSA) is 78.5 Å². The van der Waals surface area contributed by atoms with Crippen molar-refractivity contribution in [3.63, 3.8) is 0 Å². The van der Waals surface area contributed by atoms with Crippen LogP contribution in [0.4, 0.5) is 25.8 Å². The normalized spacial score (nSPS) is 13.2. The third kappa shape index (κ3) is 5.84. The average molecular weight is 562 g/mol. The molecular formula is C29H18ClF2N3O3S. The summed E-state index contributed by atoms with van der Waals surface area (Å²) in [7, 11) is 0. The van der Waals surface area contributed by atoms with Crippen molar-refractivity contribution in [2.75, 3.05) is 15.5 Å². The number of imide groups is 1. The van der Waals surface area contributed by atoms with E-state index in [4.69, 9.17) is 11.6 Å².